The molecule has 38 heavy (non-hydrogen) atoms. The molecule has 0 aliphatic heterocycles. The summed E-state index contributed by atoms with van der Waals surface area (Å²) in [7, 11) is -2.76. The molecule has 1 atom stereocenters. The van der Waals surface area contributed by atoms with E-state index in [9.17, 15) is 0 Å². The van der Waals surface area contributed by atoms with Crippen LogP contribution >= 0.6 is 24.7 Å². The molecular formula is C32H32ClN3P2. The molecule has 3 nitrogen and oxygen atoms in total. The number of hydrogen-bond acceptors (Lipinski definition) is 2. The van der Waals surface area contributed by atoms with Crippen molar-refractivity contribution < 1.29 is 0 Å². The van der Waals surface area contributed by atoms with Crippen molar-refractivity contribution in [3.8, 4) is 0 Å². The Morgan fingerprint density at radius 2 is 0.947 bits per heavy atom. The van der Waals surface area contributed by atoms with Crippen molar-refractivity contribution in [1.29, 1.82) is 0 Å². The summed E-state index contributed by atoms with van der Waals surface area (Å²) in [6.45, 7) is 2.18. The Morgan fingerprint density at radius 3 is 1.34 bits per heavy atom. The van der Waals surface area contributed by atoms with Crippen molar-refractivity contribution in [2.45, 2.75) is 13.0 Å². The number of benzene rings is 5. The normalized spacial score (nSPS) is 13.7. The van der Waals surface area contributed by atoms with Gasteiger partial charge in [0.15, 0.2) is 0 Å². The van der Waals surface area contributed by atoms with E-state index in [0.29, 0.717) is 0 Å². The first kappa shape index (κ1) is 26.6. The molecule has 5 aromatic carbocycles. The van der Waals surface area contributed by atoms with Crippen molar-refractivity contribution in [2.24, 2.45) is 10.0 Å². The van der Waals surface area contributed by atoms with E-state index in [1.165, 1.54) is 5.56 Å². The number of nitrogens with one attached hydrogen (secondary N) is 1. The molecule has 0 saturated carbocycles. The Kier molecular flexibility index (Phi) is 7.68. The Labute approximate surface area is 230 Å². The molecule has 3 N–H and O–H groups in total. The average Bonchev–Trinajstić information content (AvgIpc) is 2.99. The fourth-order valence-electron chi connectivity index (χ4n) is 4.75. The predicted octanol–water partition coefficient (Wildman–Crippen LogP) is 7.25. The second-order valence-electron chi connectivity index (χ2n) is 9.36. The minimum atomic E-state index is -4.10. The van der Waals surface area contributed by atoms with Crippen LogP contribution in [0.3, 0.4) is 0 Å². The van der Waals surface area contributed by atoms with Gasteiger partial charge < -0.3 is 0 Å². The van der Waals surface area contributed by atoms with E-state index in [-0.39, 0.29) is 6.04 Å². The molecule has 0 spiro atoms. The van der Waals surface area contributed by atoms with Crippen molar-refractivity contribution in [3.63, 3.8) is 0 Å². The number of nitrogens with two attached hydrogens (primary N) is 1. The third-order valence-electron chi connectivity index (χ3n) is 6.74. The molecule has 1 unspecified atom stereocenters. The fraction of sp³-hybridized carbons (Fsp3) is 0.0625. The number of nitrogens with zero attached hydrogens (tertiary/aromatic N) is 1. The number of hydrogen-bond donors (Lipinski definition) is 2. The van der Waals surface area contributed by atoms with E-state index in [1.54, 1.807) is 0 Å². The zero-order valence-electron chi connectivity index (χ0n) is 21.3. The van der Waals surface area contributed by atoms with Crippen LogP contribution in [-0.2, 0) is 0 Å². The Morgan fingerprint density at radius 1 is 0.605 bits per heavy atom. The van der Waals surface area contributed by atoms with Gasteiger partial charge in [-0.1, -0.05) is 0 Å². The van der Waals surface area contributed by atoms with Crippen LogP contribution in [0.5, 0.6) is 0 Å². The summed E-state index contributed by atoms with van der Waals surface area (Å²) < 4.78 is 5.79. The van der Waals surface area contributed by atoms with Gasteiger partial charge in [0.25, 0.3) is 0 Å². The summed E-state index contributed by atoms with van der Waals surface area (Å²) in [6, 6.07) is 51.2. The maximum absolute atomic E-state index is 7.89. The van der Waals surface area contributed by atoms with Crippen LogP contribution in [-0.4, -0.2) is 0 Å². The van der Waals surface area contributed by atoms with Crippen LogP contribution in [0.2, 0.25) is 0 Å². The molecule has 0 aliphatic rings. The summed E-state index contributed by atoms with van der Waals surface area (Å²) in [5.41, 5.74) is 8.75. The van der Waals surface area contributed by atoms with Gasteiger partial charge in [0, 0.05) is 0 Å². The summed E-state index contributed by atoms with van der Waals surface area (Å²) in [5, 5.41) is 7.81. The van der Waals surface area contributed by atoms with Gasteiger partial charge in [0.2, 0.25) is 0 Å². The average molecular weight is 556 g/mol. The molecule has 0 saturated heterocycles. The molecule has 6 heteroatoms. The molecule has 0 radical (unpaired) electrons. The SMILES string of the molecule is CC(NP(=NP(N)(Cl)(c1ccccc1)c1ccccc1)(c1ccccc1)c1ccccc1)c1ccccc1. The molecule has 5 rings (SSSR count). The van der Waals surface area contributed by atoms with Crippen LogP contribution < -0.4 is 31.8 Å². The first-order chi connectivity index (χ1) is 18.4. The van der Waals surface area contributed by atoms with Gasteiger partial charge in [-0.05, 0) is 0 Å². The van der Waals surface area contributed by atoms with Gasteiger partial charge in [-0.15, -0.1) is 0 Å². The fourth-order valence-corrected chi connectivity index (χ4v) is 14.6. The van der Waals surface area contributed by atoms with Crippen LogP contribution in [0.1, 0.15) is 18.5 Å². The Balaban J connectivity index is 1.90. The summed E-state index contributed by atoms with van der Waals surface area (Å²) >= 11 is 7.89. The molecular weight excluding hydrogens is 524 g/mol. The van der Waals surface area contributed by atoms with Crippen LogP contribution in [0, 0.1) is 0 Å². The van der Waals surface area contributed by atoms with E-state index in [2.05, 4.69) is 84.8 Å². The molecule has 0 aliphatic carbocycles. The summed E-state index contributed by atoms with van der Waals surface area (Å²) in [4.78, 5) is 0. The summed E-state index contributed by atoms with van der Waals surface area (Å²) in [6.07, 6.45) is -4.10. The van der Waals surface area contributed by atoms with Gasteiger partial charge >= 0.3 is 231 Å². The van der Waals surface area contributed by atoms with Crippen molar-refractivity contribution in [3.05, 3.63) is 157 Å². The third-order valence-corrected chi connectivity index (χ3v) is 16.4. The van der Waals surface area contributed by atoms with E-state index in [1.807, 2.05) is 78.9 Å². The van der Waals surface area contributed by atoms with E-state index < -0.39 is 13.5 Å². The molecule has 5 aromatic rings. The standard InChI is InChI=1S/C32H32ClN3P2/c1-27(28-17-7-2-8-18-28)35-37(29-19-9-3-10-20-29,30-21-11-4-12-22-30)36-38(33,34,31-23-13-5-14-24-31)32-25-15-6-16-26-32/h2-27,35H,34H2,1H3. The van der Waals surface area contributed by atoms with Gasteiger partial charge in [-0.3, -0.25) is 0 Å². The topological polar surface area (TPSA) is 50.4 Å². The van der Waals surface area contributed by atoms with Crippen LogP contribution in [0.25, 0.3) is 0 Å². The molecule has 0 aromatic heterocycles. The number of halogens is 1. The summed E-state index contributed by atoms with van der Waals surface area (Å²) in [5.74, 6) is 0. The third kappa shape index (κ3) is 5.14. The zero-order valence-corrected chi connectivity index (χ0v) is 23.9. The van der Waals surface area contributed by atoms with Gasteiger partial charge in [0.05, 0.1) is 0 Å². The quantitative estimate of drug-likeness (QED) is 0.198. The van der Waals surface area contributed by atoms with Crippen molar-refractivity contribution in [1.82, 2.24) is 5.09 Å². The van der Waals surface area contributed by atoms with Gasteiger partial charge in [-0.25, -0.2) is 0 Å². The molecule has 0 heterocycles. The number of rotatable bonds is 8. The van der Waals surface area contributed by atoms with Crippen molar-refractivity contribution in [2.75, 3.05) is 0 Å². The monoisotopic (exact) mass is 555 g/mol. The predicted molar refractivity (Wildman–Crippen MR) is 169 cm³/mol. The zero-order chi connectivity index (χ0) is 26.5. The second kappa shape index (κ2) is 11.0. The van der Waals surface area contributed by atoms with Gasteiger partial charge in [-0.2, -0.15) is 0 Å². The van der Waals surface area contributed by atoms with Crippen LogP contribution in [0.15, 0.2) is 156 Å². The van der Waals surface area contributed by atoms with E-state index >= 15 is 0 Å². The molecule has 0 amide bonds. The van der Waals surface area contributed by atoms with E-state index in [0.717, 1.165) is 21.2 Å². The Hall–Kier alpha value is -3.03. The Bertz CT molecular complexity index is 1440. The molecule has 192 valence electrons. The molecule has 0 bridgehead atoms. The van der Waals surface area contributed by atoms with E-state index in [4.69, 9.17) is 21.3 Å². The van der Waals surface area contributed by atoms with Gasteiger partial charge in [0.1, 0.15) is 0 Å². The first-order valence-corrected chi connectivity index (χ1v) is 17.6. The minimum absolute atomic E-state index is 0.0164. The molecule has 0 fully saturated rings. The van der Waals surface area contributed by atoms with Crippen molar-refractivity contribution >= 4 is 45.9 Å². The second-order valence-corrected chi connectivity index (χ2v) is 17.8. The first-order valence-electron chi connectivity index (χ1n) is 12.7. The maximum atomic E-state index is 7.89. The van der Waals surface area contributed by atoms with Crippen LogP contribution in [0.4, 0.5) is 0 Å².